The topological polar surface area (TPSA) is 68.0 Å². The van der Waals surface area contributed by atoms with Gasteiger partial charge in [0, 0.05) is 11.4 Å². The molecule has 0 bridgehead atoms. The predicted octanol–water partition coefficient (Wildman–Crippen LogP) is 1.83. The molecule has 2 aromatic rings. The fourth-order valence-electron chi connectivity index (χ4n) is 1.32. The van der Waals surface area contributed by atoms with Crippen LogP contribution in [0.15, 0.2) is 41.8 Å². The van der Waals surface area contributed by atoms with Gasteiger partial charge in [-0.2, -0.15) is 0 Å². The van der Waals surface area contributed by atoms with Gasteiger partial charge in [0.2, 0.25) is 0 Å². The first kappa shape index (κ1) is 11.7. The van der Waals surface area contributed by atoms with Crippen molar-refractivity contribution in [3.05, 3.63) is 36.7 Å². The maximum Gasteiger partial charge on any atom is 0.304 e. The molecule has 0 saturated carbocycles. The van der Waals surface area contributed by atoms with E-state index in [-0.39, 0.29) is 6.42 Å². The Morgan fingerprint density at radius 3 is 2.82 bits per heavy atom. The van der Waals surface area contributed by atoms with Crippen LogP contribution in [0.3, 0.4) is 0 Å². The van der Waals surface area contributed by atoms with Crippen molar-refractivity contribution in [2.24, 2.45) is 0 Å². The number of carboxylic acid groups (broad SMARTS) is 1. The molecule has 0 unspecified atom stereocenters. The fraction of sp³-hybridized carbons (Fsp3) is 0.182. The number of thioether (sulfide) groups is 1. The summed E-state index contributed by atoms with van der Waals surface area (Å²) >= 11 is 1.39. The van der Waals surface area contributed by atoms with Gasteiger partial charge in [0.05, 0.1) is 6.42 Å². The summed E-state index contributed by atoms with van der Waals surface area (Å²) in [6.07, 6.45) is 1.74. The third-order valence-electron chi connectivity index (χ3n) is 2.10. The number of carbonyl (C=O) groups is 1. The molecule has 0 aliphatic carbocycles. The summed E-state index contributed by atoms with van der Waals surface area (Å²) in [4.78, 5) is 10.4. The summed E-state index contributed by atoms with van der Waals surface area (Å²) < 4.78 is 1.84. The van der Waals surface area contributed by atoms with Crippen LogP contribution in [-0.4, -0.2) is 31.6 Å². The summed E-state index contributed by atoms with van der Waals surface area (Å²) in [7, 11) is 0. The molecule has 1 heterocycles. The van der Waals surface area contributed by atoms with E-state index in [1.54, 1.807) is 6.33 Å². The fourth-order valence-corrected chi connectivity index (χ4v) is 2.17. The Kier molecular flexibility index (Phi) is 3.77. The van der Waals surface area contributed by atoms with Gasteiger partial charge in [-0.25, -0.2) is 0 Å². The lowest BCUT2D eigenvalue weighted by molar-refractivity contribution is -0.136. The summed E-state index contributed by atoms with van der Waals surface area (Å²) in [5.74, 6) is -0.316. The second kappa shape index (κ2) is 5.49. The molecule has 0 aliphatic heterocycles. The van der Waals surface area contributed by atoms with Crippen LogP contribution in [0.5, 0.6) is 0 Å². The number of aromatic nitrogens is 3. The SMILES string of the molecule is O=C(O)CCSc1nncn1-c1ccccc1. The molecule has 0 amide bonds. The van der Waals surface area contributed by atoms with E-state index >= 15 is 0 Å². The quantitative estimate of drug-likeness (QED) is 0.819. The molecule has 6 heteroatoms. The van der Waals surface area contributed by atoms with Gasteiger partial charge in [-0.1, -0.05) is 30.0 Å². The highest BCUT2D eigenvalue weighted by molar-refractivity contribution is 7.99. The molecule has 0 atom stereocenters. The minimum Gasteiger partial charge on any atom is -0.481 e. The summed E-state index contributed by atoms with van der Waals surface area (Å²) in [6, 6.07) is 9.70. The summed E-state index contributed by atoms with van der Waals surface area (Å²) in [6.45, 7) is 0. The van der Waals surface area contributed by atoms with Crippen LogP contribution in [0.1, 0.15) is 6.42 Å². The van der Waals surface area contributed by atoms with Crippen molar-refractivity contribution >= 4 is 17.7 Å². The Hall–Kier alpha value is -1.82. The van der Waals surface area contributed by atoms with Crippen molar-refractivity contribution in [1.29, 1.82) is 0 Å². The first-order chi connectivity index (χ1) is 8.27. The van der Waals surface area contributed by atoms with E-state index in [9.17, 15) is 4.79 Å². The van der Waals surface area contributed by atoms with Crippen molar-refractivity contribution in [2.75, 3.05) is 5.75 Å². The molecule has 1 aromatic carbocycles. The lowest BCUT2D eigenvalue weighted by atomic mass is 10.3. The first-order valence-corrected chi connectivity index (χ1v) is 6.06. The molecule has 5 nitrogen and oxygen atoms in total. The molecule has 0 spiro atoms. The molecule has 17 heavy (non-hydrogen) atoms. The Balaban J connectivity index is 2.10. The average molecular weight is 249 g/mol. The number of carboxylic acids is 1. The van der Waals surface area contributed by atoms with Crippen LogP contribution >= 0.6 is 11.8 Å². The molecular weight excluding hydrogens is 238 g/mol. The number of aliphatic carboxylic acids is 1. The maximum atomic E-state index is 10.4. The Labute approximate surface area is 102 Å². The highest BCUT2D eigenvalue weighted by atomic mass is 32.2. The van der Waals surface area contributed by atoms with E-state index in [2.05, 4.69) is 10.2 Å². The molecule has 0 radical (unpaired) electrons. The van der Waals surface area contributed by atoms with Gasteiger partial charge in [-0.3, -0.25) is 9.36 Å². The highest BCUT2D eigenvalue weighted by Crippen LogP contribution is 2.19. The van der Waals surface area contributed by atoms with Gasteiger partial charge >= 0.3 is 5.97 Å². The maximum absolute atomic E-state index is 10.4. The van der Waals surface area contributed by atoms with E-state index in [1.807, 2.05) is 34.9 Å². The zero-order chi connectivity index (χ0) is 12.1. The van der Waals surface area contributed by atoms with Crippen LogP contribution in [0.25, 0.3) is 5.69 Å². The van der Waals surface area contributed by atoms with Gasteiger partial charge in [0.25, 0.3) is 0 Å². The monoisotopic (exact) mass is 249 g/mol. The Morgan fingerprint density at radius 2 is 2.12 bits per heavy atom. The number of para-hydroxylation sites is 1. The number of benzene rings is 1. The minimum atomic E-state index is -0.803. The zero-order valence-corrected chi connectivity index (χ0v) is 9.80. The molecule has 1 N–H and O–H groups in total. The van der Waals surface area contributed by atoms with E-state index in [0.29, 0.717) is 10.9 Å². The standard InChI is InChI=1S/C11H11N3O2S/c15-10(16)6-7-17-11-13-12-8-14(11)9-4-2-1-3-5-9/h1-5,8H,6-7H2,(H,15,16). The molecule has 1 aromatic heterocycles. The van der Waals surface area contributed by atoms with E-state index in [4.69, 9.17) is 5.11 Å². The normalized spacial score (nSPS) is 10.4. The van der Waals surface area contributed by atoms with Crippen LogP contribution < -0.4 is 0 Å². The van der Waals surface area contributed by atoms with Gasteiger partial charge in [-0.05, 0) is 12.1 Å². The van der Waals surface area contributed by atoms with Gasteiger partial charge in [-0.15, -0.1) is 10.2 Å². The molecular formula is C11H11N3O2S. The second-order valence-corrected chi connectivity index (χ2v) is 4.37. The minimum absolute atomic E-state index is 0.117. The van der Waals surface area contributed by atoms with Gasteiger partial charge in [0.1, 0.15) is 6.33 Å². The lowest BCUT2D eigenvalue weighted by Gasteiger charge is -2.04. The van der Waals surface area contributed by atoms with Crippen molar-refractivity contribution in [2.45, 2.75) is 11.6 Å². The van der Waals surface area contributed by atoms with Gasteiger partial charge in [0.15, 0.2) is 5.16 Å². The molecule has 2 rings (SSSR count). The van der Waals surface area contributed by atoms with Crippen molar-refractivity contribution in [3.63, 3.8) is 0 Å². The Bertz CT molecular complexity index is 498. The smallest absolute Gasteiger partial charge is 0.304 e. The van der Waals surface area contributed by atoms with Crippen molar-refractivity contribution in [3.8, 4) is 5.69 Å². The van der Waals surface area contributed by atoms with Crippen molar-refractivity contribution in [1.82, 2.24) is 14.8 Å². The predicted molar refractivity (Wildman–Crippen MR) is 64.3 cm³/mol. The summed E-state index contributed by atoms with van der Waals surface area (Å²) in [5, 5.41) is 17.1. The van der Waals surface area contributed by atoms with E-state index < -0.39 is 5.97 Å². The molecule has 0 fully saturated rings. The third-order valence-corrected chi connectivity index (χ3v) is 3.04. The molecule has 88 valence electrons. The van der Waals surface area contributed by atoms with Crippen LogP contribution in [-0.2, 0) is 4.79 Å². The largest absolute Gasteiger partial charge is 0.481 e. The van der Waals surface area contributed by atoms with Crippen LogP contribution in [0.2, 0.25) is 0 Å². The number of hydrogen-bond acceptors (Lipinski definition) is 4. The van der Waals surface area contributed by atoms with E-state index in [1.165, 1.54) is 11.8 Å². The van der Waals surface area contributed by atoms with Gasteiger partial charge < -0.3 is 5.11 Å². The number of rotatable bonds is 5. The number of nitrogens with zero attached hydrogens (tertiary/aromatic N) is 3. The Morgan fingerprint density at radius 1 is 1.35 bits per heavy atom. The lowest BCUT2D eigenvalue weighted by Crippen LogP contribution is -1.99. The van der Waals surface area contributed by atoms with Crippen molar-refractivity contribution < 1.29 is 9.90 Å². The van der Waals surface area contributed by atoms with E-state index in [0.717, 1.165) is 5.69 Å². The average Bonchev–Trinajstić information content (AvgIpc) is 2.78. The zero-order valence-electron chi connectivity index (χ0n) is 8.98. The third kappa shape index (κ3) is 3.07. The highest BCUT2D eigenvalue weighted by Gasteiger charge is 2.07. The van der Waals surface area contributed by atoms with Crippen LogP contribution in [0, 0.1) is 0 Å². The number of hydrogen-bond donors (Lipinski definition) is 1. The molecule has 0 aliphatic rings. The first-order valence-electron chi connectivity index (χ1n) is 5.07. The second-order valence-electron chi connectivity index (χ2n) is 3.31. The van der Waals surface area contributed by atoms with Crippen LogP contribution in [0.4, 0.5) is 0 Å². The molecule has 0 saturated heterocycles. The summed E-state index contributed by atoms with van der Waals surface area (Å²) in [5.41, 5.74) is 0.968.